The van der Waals surface area contributed by atoms with E-state index in [0.29, 0.717) is 12.0 Å². The van der Waals surface area contributed by atoms with Crippen molar-refractivity contribution < 1.29 is 0 Å². The lowest BCUT2D eigenvalue weighted by molar-refractivity contribution is 0.266. The largest absolute Gasteiger partial charge is 0.346 e. The summed E-state index contributed by atoms with van der Waals surface area (Å²) >= 11 is 1.82. The molecule has 114 valence electrons. The van der Waals surface area contributed by atoms with Crippen LogP contribution in [0.5, 0.6) is 0 Å². The topological polar surface area (TPSA) is 31.4 Å². The maximum absolute atomic E-state index is 4.61. The highest BCUT2D eigenvalue weighted by Gasteiger charge is 2.32. The third kappa shape index (κ3) is 3.93. The molecule has 1 aliphatic heterocycles. The molecule has 0 aromatic carbocycles. The quantitative estimate of drug-likeness (QED) is 0.924. The minimum Gasteiger partial charge on any atom is -0.346 e. The van der Waals surface area contributed by atoms with Gasteiger partial charge in [0.05, 0.1) is 0 Å². The van der Waals surface area contributed by atoms with E-state index in [-0.39, 0.29) is 5.54 Å². The van der Waals surface area contributed by atoms with Crippen LogP contribution in [0.4, 0.5) is 5.13 Å². The van der Waals surface area contributed by atoms with Crippen LogP contribution in [-0.4, -0.2) is 48.6 Å². The molecule has 0 radical (unpaired) electrons. The lowest BCUT2D eigenvalue weighted by Crippen LogP contribution is -2.34. The maximum atomic E-state index is 4.61. The van der Waals surface area contributed by atoms with E-state index in [0.717, 1.165) is 19.6 Å². The normalized spacial score (nSPS) is 23.9. The molecular weight excluding hydrogens is 268 g/mol. The minimum atomic E-state index is 0.155. The standard InChI is InChI=1S/C15H28N4S/c1-11-9-19(10-13(11)18(5)6)14-16-7-12(20-14)8-17-15(2,3)4/h7,11,13,17H,8-10H2,1-6H3. The van der Waals surface area contributed by atoms with Gasteiger partial charge in [0.1, 0.15) is 0 Å². The predicted octanol–water partition coefficient (Wildman–Crippen LogP) is 2.42. The fourth-order valence-corrected chi connectivity index (χ4v) is 3.52. The van der Waals surface area contributed by atoms with Crippen molar-refractivity contribution >= 4 is 16.5 Å². The summed E-state index contributed by atoms with van der Waals surface area (Å²) in [5, 5.41) is 4.69. The zero-order chi connectivity index (χ0) is 14.9. The van der Waals surface area contributed by atoms with E-state index >= 15 is 0 Å². The first-order valence-electron chi connectivity index (χ1n) is 7.37. The lowest BCUT2D eigenvalue weighted by Gasteiger charge is -2.22. The van der Waals surface area contributed by atoms with Gasteiger partial charge in [-0.15, -0.1) is 11.3 Å². The van der Waals surface area contributed by atoms with Gasteiger partial charge in [-0.3, -0.25) is 0 Å². The van der Waals surface area contributed by atoms with Crippen molar-refractivity contribution in [3.63, 3.8) is 0 Å². The van der Waals surface area contributed by atoms with Crippen LogP contribution in [0.25, 0.3) is 0 Å². The predicted molar refractivity (Wildman–Crippen MR) is 87.6 cm³/mol. The fraction of sp³-hybridized carbons (Fsp3) is 0.800. The number of hydrogen-bond acceptors (Lipinski definition) is 5. The van der Waals surface area contributed by atoms with Gasteiger partial charge in [-0.25, -0.2) is 4.98 Å². The summed E-state index contributed by atoms with van der Waals surface area (Å²) in [6, 6.07) is 0.634. The van der Waals surface area contributed by atoms with Crippen LogP contribution in [0, 0.1) is 5.92 Å². The number of nitrogens with zero attached hydrogens (tertiary/aromatic N) is 3. The van der Waals surface area contributed by atoms with Gasteiger partial charge in [-0.2, -0.15) is 0 Å². The molecule has 0 spiro atoms. The molecule has 1 saturated heterocycles. The van der Waals surface area contributed by atoms with Crippen LogP contribution in [0.15, 0.2) is 6.20 Å². The molecule has 0 saturated carbocycles. The Morgan fingerprint density at radius 3 is 2.65 bits per heavy atom. The van der Waals surface area contributed by atoms with Crippen LogP contribution < -0.4 is 10.2 Å². The van der Waals surface area contributed by atoms with E-state index in [4.69, 9.17) is 0 Å². The van der Waals surface area contributed by atoms with E-state index in [2.05, 4.69) is 61.9 Å². The molecule has 0 amide bonds. The van der Waals surface area contributed by atoms with Crippen molar-refractivity contribution in [2.24, 2.45) is 5.92 Å². The molecule has 2 atom stereocenters. The van der Waals surface area contributed by atoms with Gasteiger partial charge in [0.2, 0.25) is 0 Å². The second kappa shape index (κ2) is 6.00. The van der Waals surface area contributed by atoms with Gasteiger partial charge < -0.3 is 15.1 Å². The van der Waals surface area contributed by atoms with Crippen LogP contribution in [0.1, 0.15) is 32.6 Å². The molecule has 0 bridgehead atoms. The zero-order valence-corrected chi connectivity index (χ0v) is 14.4. The molecule has 1 aromatic rings. The zero-order valence-electron chi connectivity index (χ0n) is 13.6. The second-order valence-electron chi connectivity index (χ2n) is 7.13. The summed E-state index contributed by atoms with van der Waals surface area (Å²) in [6.07, 6.45) is 2.02. The molecule has 5 heteroatoms. The molecule has 1 fully saturated rings. The van der Waals surface area contributed by atoms with Crippen molar-refractivity contribution in [2.75, 3.05) is 32.1 Å². The second-order valence-corrected chi connectivity index (χ2v) is 8.22. The third-order valence-corrected chi connectivity index (χ3v) is 4.90. The highest BCUT2D eigenvalue weighted by molar-refractivity contribution is 7.15. The van der Waals surface area contributed by atoms with Crippen molar-refractivity contribution in [3.05, 3.63) is 11.1 Å². The minimum absolute atomic E-state index is 0.155. The van der Waals surface area contributed by atoms with E-state index in [1.807, 2.05) is 17.5 Å². The van der Waals surface area contributed by atoms with Gasteiger partial charge >= 0.3 is 0 Å². The first-order valence-corrected chi connectivity index (χ1v) is 8.19. The first kappa shape index (κ1) is 15.7. The molecule has 1 aliphatic rings. The highest BCUT2D eigenvalue weighted by Crippen LogP contribution is 2.29. The van der Waals surface area contributed by atoms with Crippen LogP contribution >= 0.6 is 11.3 Å². The number of rotatable bonds is 4. The van der Waals surface area contributed by atoms with Crippen LogP contribution in [0.3, 0.4) is 0 Å². The van der Waals surface area contributed by atoms with Gasteiger partial charge in [0.15, 0.2) is 5.13 Å². The number of likely N-dealkylation sites (N-methyl/N-ethyl adjacent to an activating group) is 1. The van der Waals surface area contributed by atoms with Crippen molar-refractivity contribution in [1.29, 1.82) is 0 Å². The van der Waals surface area contributed by atoms with E-state index < -0.39 is 0 Å². The summed E-state index contributed by atoms with van der Waals surface area (Å²) in [6.45, 7) is 12.0. The molecule has 2 heterocycles. The molecule has 1 N–H and O–H groups in total. The summed E-state index contributed by atoms with van der Waals surface area (Å²) in [7, 11) is 4.34. The number of hydrogen-bond donors (Lipinski definition) is 1. The molecule has 1 aromatic heterocycles. The Morgan fingerprint density at radius 2 is 2.10 bits per heavy atom. The van der Waals surface area contributed by atoms with E-state index in [1.54, 1.807) is 0 Å². The Balaban J connectivity index is 1.96. The van der Waals surface area contributed by atoms with E-state index in [1.165, 1.54) is 10.0 Å². The third-order valence-electron chi connectivity index (χ3n) is 3.84. The van der Waals surface area contributed by atoms with Crippen LogP contribution in [-0.2, 0) is 6.54 Å². The van der Waals surface area contributed by atoms with Crippen molar-refractivity contribution in [1.82, 2.24) is 15.2 Å². The van der Waals surface area contributed by atoms with E-state index in [9.17, 15) is 0 Å². The Hall–Kier alpha value is -0.650. The molecular formula is C15H28N4S. The van der Waals surface area contributed by atoms with Crippen molar-refractivity contribution in [3.8, 4) is 0 Å². The number of anilines is 1. The fourth-order valence-electron chi connectivity index (χ4n) is 2.66. The number of thiazole rings is 1. The molecule has 4 nitrogen and oxygen atoms in total. The maximum Gasteiger partial charge on any atom is 0.185 e. The molecule has 2 rings (SSSR count). The van der Waals surface area contributed by atoms with Gasteiger partial charge in [0.25, 0.3) is 0 Å². The van der Waals surface area contributed by atoms with Crippen molar-refractivity contribution in [2.45, 2.75) is 45.8 Å². The number of aromatic nitrogens is 1. The average molecular weight is 296 g/mol. The van der Waals surface area contributed by atoms with Crippen LogP contribution in [0.2, 0.25) is 0 Å². The number of nitrogens with one attached hydrogen (secondary N) is 1. The molecule has 20 heavy (non-hydrogen) atoms. The van der Waals surface area contributed by atoms with Gasteiger partial charge in [-0.1, -0.05) is 6.92 Å². The monoisotopic (exact) mass is 296 g/mol. The average Bonchev–Trinajstić information content (AvgIpc) is 2.91. The summed E-state index contributed by atoms with van der Waals surface area (Å²) < 4.78 is 0. The Morgan fingerprint density at radius 1 is 1.40 bits per heavy atom. The highest BCUT2D eigenvalue weighted by atomic mass is 32.1. The summed E-state index contributed by atoms with van der Waals surface area (Å²) in [5.74, 6) is 0.699. The first-order chi connectivity index (χ1) is 9.26. The smallest absolute Gasteiger partial charge is 0.185 e. The Bertz CT molecular complexity index is 435. The Kier molecular flexibility index (Phi) is 4.72. The summed E-state index contributed by atoms with van der Waals surface area (Å²) in [4.78, 5) is 10.7. The van der Waals surface area contributed by atoms with Gasteiger partial charge in [-0.05, 0) is 40.8 Å². The summed E-state index contributed by atoms with van der Waals surface area (Å²) in [5.41, 5.74) is 0.155. The SMILES string of the molecule is CC1CN(c2ncc(CNC(C)(C)C)s2)CC1N(C)C. The van der Waals surface area contributed by atoms with Gasteiger partial charge in [0, 0.05) is 42.3 Å². The molecule has 0 aliphatic carbocycles. The lowest BCUT2D eigenvalue weighted by atomic mass is 10.1. The Labute approximate surface area is 127 Å². The molecule has 2 unspecified atom stereocenters.